The normalized spacial score (nSPS) is 16.8. The number of rotatable bonds is 5. The Balaban J connectivity index is 2.10. The number of hydrogen-bond donors (Lipinski definition) is 1. The fraction of sp³-hybridized carbons (Fsp3) is 0.438. The van der Waals surface area contributed by atoms with Crippen LogP contribution in [0, 0.1) is 0 Å². The molecule has 0 saturated heterocycles. The van der Waals surface area contributed by atoms with Crippen molar-refractivity contribution in [3.8, 4) is 0 Å². The highest BCUT2D eigenvalue weighted by Crippen LogP contribution is 2.38. The van der Waals surface area contributed by atoms with Crippen LogP contribution < -0.4 is 5.32 Å². The number of thioether (sulfide) groups is 1. The van der Waals surface area contributed by atoms with Gasteiger partial charge >= 0.3 is 5.97 Å². The zero-order valence-corrected chi connectivity index (χ0v) is 16.8. The summed E-state index contributed by atoms with van der Waals surface area (Å²) in [5.41, 5.74) is 1.14. The molecule has 9 heteroatoms. The Hall–Kier alpha value is -1.74. The fourth-order valence-corrected chi connectivity index (χ4v) is 3.48. The molecular weight excluding hydrogens is 408 g/mol. The molecule has 1 aliphatic rings. The molecule has 25 heavy (non-hydrogen) atoms. The number of furan rings is 1. The third-order valence-corrected chi connectivity index (χ3v) is 4.68. The number of ether oxygens (including phenoxy) is 1. The van der Waals surface area contributed by atoms with Crippen molar-refractivity contribution >= 4 is 39.6 Å². The van der Waals surface area contributed by atoms with E-state index < -0.39 is 12.0 Å². The van der Waals surface area contributed by atoms with Crippen molar-refractivity contribution in [1.29, 1.82) is 0 Å². The maximum atomic E-state index is 12.7. The second-order valence-electron chi connectivity index (χ2n) is 5.76. The van der Waals surface area contributed by atoms with Gasteiger partial charge in [-0.2, -0.15) is 4.98 Å². The average Bonchev–Trinajstić information content (AvgIpc) is 3.11. The summed E-state index contributed by atoms with van der Waals surface area (Å²) in [5.74, 6) is 1.62. The van der Waals surface area contributed by atoms with Crippen LogP contribution in [0.5, 0.6) is 0 Å². The van der Waals surface area contributed by atoms with Gasteiger partial charge in [0.25, 0.3) is 0 Å². The lowest BCUT2D eigenvalue weighted by atomic mass is 10.0. The van der Waals surface area contributed by atoms with E-state index in [0.29, 0.717) is 32.8 Å². The number of carbonyl (C=O) groups excluding carboxylic acids is 1. The molecule has 1 N–H and O–H groups in total. The third kappa shape index (κ3) is 3.62. The maximum Gasteiger partial charge on any atom is 0.338 e. The fourth-order valence-electron chi connectivity index (χ4n) is 2.60. The van der Waals surface area contributed by atoms with Gasteiger partial charge in [-0.3, -0.25) is 0 Å². The van der Waals surface area contributed by atoms with Gasteiger partial charge < -0.3 is 14.5 Å². The van der Waals surface area contributed by atoms with Crippen molar-refractivity contribution in [3.63, 3.8) is 0 Å². The van der Waals surface area contributed by atoms with Crippen LogP contribution in [-0.4, -0.2) is 32.6 Å². The number of carbonyl (C=O) groups is 1. The molecule has 0 saturated carbocycles. The number of fused-ring (bicyclic) bond motifs is 1. The highest BCUT2D eigenvalue weighted by molar-refractivity contribution is 9.10. The Morgan fingerprint density at radius 3 is 2.88 bits per heavy atom. The lowest BCUT2D eigenvalue weighted by Crippen LogP contribution is -2.30. The van der Waals surface area contributed by atoms with Crippen LogP contribution in [0.25, 0.3) is 0 Å². The van der Waals surface area contributed by atoms with Gasteiger partial charge in [0, 0.05) is 5.70 Å². The first-order valence-corrected chi connectivity index (χ1v) is 9.72. The SMILES string of the molecule is CCSc1nc2n(n1)C(c1ccc(Br)o1)C(C(=O)OC(C)C)=C(C)N2. The molecule has 134 valence electrons. The van der Waals surface area contributed by atoms with Gasteiger partial charge in [0.2, 0.25) is 11.1 Å². The second kappa shape index (κ2) is 7.25. The van der Waals surface area contributed by atoms with Crippen molar-refractivity contribution in [2.45, 2.75) is 45.0 Å². The highest BCUT2D eigenvalue weighted by atomic mass is 79.9. The largest absolute Gasteiger partial charge is 0.459 e. The molecule has 1 aliphatic heterocycles. The summed E-state index contributed by atoms with van der Waals surface area (Å²) in [6, 6.07) is 3.07. The van der Waals surface area contributed by atoms with E-state index in [1.54, 1.807) is 10.7 Å². The van der Waals surface area contributed by atoms with Crippen LogP contribution in [-0.2, 0) is 9.53 Å². The van der Waals surface area contributed by atoms with Crippen molar-refractivity contribution in [3.05, 3.63) is 33.8 Å². The molecule has 2 aromatic rings. The van der Waals surface area contributed by atoms with Crippen LogP contribution in [0.1, 0.15) is 39.5 Å². The van der Waals surface area contributed by atoms with Crippen LogP contribution in [0.2, 0.25) is 0 Å². The van der Waals surface area contributed by atoms with E-state index in [9.17, 15) is 4.79 Å². The molecule has 3 rings (SSSR count). The summed E-state index contributed by atoms with van der Waals surface area (Å²) in [6.07, 6.45) is -0.222. The average molecular weight is 427 g/mol. The van der Waals surface area contributed by atoms with Gasteiger partial charge in [-0.1, -0.05) is 18.7 Å². The number of halogens is 1. The quantitative estimate of drug-likeness (QED) is 0.571. The molecule has 7 nitrogen and oxygen atoms in total. The summed E-state index contributed by atoms with van der Waals surface area (Å²) in [6.45, 7) is 7.50. The van der Waals surface area contributed by atoms with Gasteiger partial charge in [0.1, 0.15) is 11.8 Å². The van der Waals surface area contributed by atoms with E-state index >= 15 is 0 Å². The maximum absolute atomic E-state index is 12.7. The van der Waals surface area contributed by atoms with Crippen molar-refractivity contribution in [1.82, 2.24) is 14.8 Å². The molecule has 2 aromatic heterocycles. The van der Waals surface area contributed by atoms with Crippen LogP contribution in [0.3, 0.4) is 0 Å². The minimum Gasteiger partial charge on any atom is -0.459 e. The first kappa shape index (κ1) is 18.1. The van der Waals surface area contributed by atoms with E-state index in [4.69, 9.17) is 9.15 Å². The molecule has 1 unspecified atom stereocenters. The second-order valence-corrected chi connectivity index (χ2v) is 7.77. The number of nitrogens with zero attached hydrogens (tertiary/aromatic N) is 3. The number of hydrogen-bond acceptors (Lipinski definition) is 7. The molecular formula is C16H19BrN4O3S. The molecule has 0 bridgehead atoms. The van der Waals surface area contributed by atoms with E-state index in [-0.39, 0.29) is 6.10 Å². The zero-order chi connectivity index (χ0) is 18.1. The van der Waals surface area contributed by atoms with Gasteiger partial charge in [0.15, 0.2) is 4.67 Å². The van der Waals surface area contributed by atoms with Crippen LogP contribution >= 0.6 is 27.7 Å². The Bertz CT molecular complexity index is 827. The lowest BCUT2D eigenvalue weighted by Gasteiger charge is -2.26. The Morgan fingerprint density at radius 2 is 2.28 bits per heavy atom. The number of esters is 1. The first-order chi connectivity index (χ1) is 11.9. The predicted octanol–water partition coefficient (Wildman–Crippen LogP) is 3.99. The molecule has 0 spiro atoms. The summed E-state index contributed by atoms with van der Waals surface area (Å²) in [4.78, 5) is 17.2. The smallest absolute Gasteiger partial charge is 0.338 e. The Morgan fingerprint density at radius 1 is 1.52 bits per heavy atom. The van der Waals surface area contributed by atoms with Gasteiger partial charge in [-0.05, 0) is 54.6 Å². The van der Waals surface area contributed by atoms with E-state index in [0.717, 1.165) is 5.75 Å². The number of nitrogens with one attached hydrogen (secondary N) is 1. The lowest BCUT2D eigenvalue weighted by molar-refractivity contribution is -0.143. The predicted molar refractivity (Wildman–Crippen MR) is 98.5 cm³/mol. The topological polar surface area (TPSA) is 82.2 Å². The molecule has 0 amide bonds. The molecule has 3 heterocycles. The molecule has 1 atom stereocenters. The summed E-state index contributed by atoms with van der Waals surface area (Å²) in [7, 11) is 0. The van der Waals surface area contributed by atoms with Crippen molar-refractivity contribution < 1.29 is 13.9 Å². The Labute approximate surface area is 158 Å². The summed E-state index contributed by atoms with van der Waals surface area (Å²) < 4.78 is 13.4. The molecule has 0 aromatic carbocycles. The van der Waals surface area contributed by atoms with Crippen LogP contribution in [0.4, 0.5) is 5.95 Å². The first-order valence-electron chi connectivity index (χ1n) is 7.94. The highest BCUT2D eigenvalue weighted by Gasteiger charge is 2.37. The van der Waals surface area contributed by atoms with Gasteiger partial charge in [0.05, 0.1) is 11.7 Å². The summed E-state index contributed by atoms with van der Waals surface area (Å²) in [5, 5.41) is 8.34. The van der Waals surface area contributed by atoms with Crippen molar-refractivity contribution in [2.75, 3.05) is 11.1 Å². The molecule has 0 radical (unpaired) electrons. The minimum absolute atomic E-state index is 0.222. The van der Waals surface area contributed by atoms with Gasteiger partial charge in [-0.25, -0.2) is 9.48 Å². The van der Waals surface area contributed by atoms with E-state index in [1.165, 1.54) is 11.8 Å². The number of aromatic nitrogens is 3. The zero-order valence-electron chi connectivity index (χ0n) is 14.4. The standard InChI is InChI=1S/C16H19BrN4O3S/c1-5-25-16-19-15-18-9(4)12(14(22)23-8(2)3)13(21(15)20-16)10-6-7-11(17)24-10/h6-8,13H,5H2,1-4H3,(H,18,19,20). The Kier molecular flexibility index (Phi) is 5.24. The summed E-state index contributed by atoms with van der Waals surface area (Å²) >= 11 is 4.85. The molecule has 0 aliphatic carbocycles. The van der Waals surface area contributed by atoms with Crippen molar-refractivity contribution in [2.24, 2.45) is 0 Å². The van der Waals surface area contributed by atoms with Gasteiger partial charge in [-0.15, -0.1) is 5.10 Å². The molecule has 0 fully saturated rings. The number of allylic oxidation sites excluding steroid dienone is 1. The minimum atomic E-state index is -0.535. The van der Waals surface area contributed by atoms with E-state index in [1.807, 2.05) is 33.8 Å². The monoisotopic (exact) mass is 426 g/mol. The number of anilines is 1. The van der Waals surface area contributed by atoms with E-state index in [2.05, 4.69) is 31.3 Å². The van der Waals surface area contributed by atoms with Crippen LogP contribution in [0.15, 0.2) is 37.6 Å². The third-order valence-electron chi connectivity index (χ3n) is 3.53.